The molecule has 1 aliphatic heterocycles. The van der Waals surface area contributed by atoms with Gasteiger partial charge in [0.15, 0.2) is 5.16 Å². The van der Waals surface area contributed by atoms with E-state index in [0.29, 0.717) is 35.7 Å². The first-order chi connectivity index (χ1) is 15.6. The van der Waals surface area contributed by atoms with Crippen LogP contribution >= 0.6 is 11.8 Å². The first kappa shape index (κ1) is 22.6. The Bertz CT molecular complexity index is 1120. The number of ether oxygens (including phenoxy) is 1. The molecule has 0 unspecified atom stereocenters. The first-order valence-electron chi connectivity index (χ1n) is 11.2. The number of hydrogen-bond acceptors (Lipinski definition) is 5. The van der Waals surface area contributed by atoms with Crippen molar-refractivity contribution >= 4 is 28.6 Å². The standard InChI is InChI=1S/C25H29N3O3S/c1-3-27(4-2)24(30)22(18-11-6-5-7-12-18)32-25-26-21-15-9-8-14-20(21)23(29)28(25)17-19-13-10-16-31-19/h5-9,11-12,14-15,19,22H,3-4,10,13,16-17H2,1-2H3/t19-,22+/m0/s1. The highest BCUT2D eigenvalue weighted by Crippen LogP contribution is 2.36. The molecule has 1 aromatic heterocycles. The Morgan fingerprint density at radius 1 is 1.16 bits per heavy atom. The molecular formula is C25H29N3O3S. The number of carbonyl (C=O) groups is 1. The van der Waals surface area contributed by atoms with Gasteiger partial charge >= 0.3 is 0 Å². The number of likely N-dealkylation sites (N-methyl/N-ethyl adjacent to an activating group) is 1. The molecule has 1 fully saturated rings. The number of thioether (sulfide) groups is 1. The highest BCUT2D eigenvalue weighted by molar-refractivity contribution is 8.00. The molecule has 1 amide bonds. The number of hydrogen-bond donors (Lipinski definition) is 0. The number of aromatic nitrogens is 2. The maximum atomic E-state index is 13.5. The van der Waals surface area contributed by atoms with E-state index in [-0.39, 0.29) is 17.6 Å². The smallest absolute Gasteiger partial charge is 0.262 e. The lowest BCUT2D eigenvalue weighted by atomic mass is 10.1. The van der Waals surface area contributed by atoms with Gasteiger partial charge in [0, 0.05) is 19.7 Å². The van der Waals surface area contributed by atoms with Crippen LogP contribution in [0.5, 0.6) is 0 Å². The number of fused-ring (bicyclic) bond motifs is 1. The maximum absolute atomic E-state index is 13.5. The number of amides is 1. The van der Waals surface area contributed by atoms with Crippen LogP contribution in [0.3, 0.4) is 0 Å². The van der Waals surface area contributed by atoms with Gasteiger partial charge in [-0.1, -0.05) is 54.2 Å². The van der Waals surface area contributed by atoms with Crippen LogP contribution in [0.15, 0.2) is 64.5 Å². The van der Waals surface area contributed by atoms with Crippen LogP contribution < -0.4 is 5.56 Å². The molecule has 3 aromatic rings. The van der Waals surface area contributed by atoms with E-state index in [2.05, 4.69) is 0 Å². The second-order valence-corrected chi connectivity index (χ2v) is 8.95. The number of rotatable bonds is 8. The van der Waals surface area contributed by atoms with Crippen LogP contribution in [0.4, 0.5) is 0 Å². The van der Waals surface area contributed by atoms with Crippen molar-refractivity contribution in [3.63, 3.8) is 0 Å². The Morgan fingerprint density at radius 3 is 2.56 bits per heavy atom. The molecule has 1 aliphatic rings. The Labute approximate surface area is 192 Å². The SMILES string of the molecule is CCN(CC)C(=O)[C@H](Sc1nc2ccccc2c(=O)n1C[C@@H]1CCCO1)c1ccccc1. The van der Waals surface area contributed by atoms with E-state index >= 15 is 0 Å². The van der Waals surface area contributed by atoms with E-state index in [4.69, 9.17) is 9.72 Å². The predicted octanol–water partition coefficient (Wildman–Crippen LogP) is 4.28. The fourth-order valence-electron chi connectivity index (χ4n) is 4.09. The van der Waals surface area contributed by atoms with Gasteiger partial charge in [-0.05, 0) is 44.4 Å². The molecule has 0 N–H and O–H groups in total. The van der Waals surface area contributed by atoms with Gasteiger partial charge in [-0.25, -0.2) is 4.98 Å². The third-order valence-electron chi connectivity index (χ3n) is 5.86. The molecule has 4 rings (SSSR count). The summed E-state index contributed by atoms with van der Waals surface area (Å²) < 4.78 is 7.52. The molecule has 32 heavy (non-hydrogen) atoms. The van der Waals surface area contributed by atoms with E-state index in [1.807, 2.05) is 67.3 Å². The van der Waals surface area contributed by atoms with E-state index < -0.39 is 5.25 Å². The molecule has 0 bridgehead atoms. The fourth-order valence-corrected chi connectivity index (χ4v) is 5.28. The number of benzene rings is 2. The molecule has 7 heteroatoms. The van der Waals surface area contributed by atoms with Crippen LogP contribution in [0.2, 0.25) is 0 Å². The van der Waals surface area contributed by atoms with E-state index in [9.17, 15) is 9.59 Å². The van der Waals surface area contributed by atoms with Gasteiger partial charge < -0.3 is 9.64 Å². The largest absolute Gasteiger partial charge is 0.376 e. The maximum Gasteiger partial charge on any atom is 0.262 e. The van der Waals surface area contributed by atoms with Gasteiger partial charge in [0.25, 0.3) is 5.56 Å². The topological polar surface area (TPSA) is 64.4 Å². The molecule has 0 saturated carbocycles. The lowest BCUT2D eigenvalue weighted by Crippen LogP contribution is -2.34. The highest BCUT2D eigenvalue weighted by Gasteiger charge is 2.29. The average Bonchev–Trinajstić information content (AvgIpc) is 3.34. The van der Waals surface area contributed by atoms with Crippen molar-refractivity contribution in [2.75, 3.05) is 19.7 Å². The molecule has 168 valence electrons. The molecular weight excluding hydrogens is 422 g/mol. The van der Waals surface area contributed by atoms with Crippen molar-refractivity contribution in [3.05, 3.63) is 70.5 Å². The predicted molar refractivity (Wildman–Crippen MR) is 128 cm³/mol. The molecule has 0 aliphatic carbocycles. The van der Waals surface area contributed by atoms with Crippen LogP contribution in [0, 0.1) is 0 Å². The minimum absolute atomic E-state index is 0.0105. The summed E-state index contributed by atoms with van der Waals surface area (Å²) in [7, 11) is 0. The van der Waals surface area contributed by atoms with Gasteiger partial charge in [0.05, 0.1) is 23.6 Å². The van der Waals surface area contributed by atoms with Crippen molar-refractivity contribution in [2.24, 2.45) is 0 Å². The van der Waals surface area contributed by atoms with Crippen molar-refractivity contribution in [3.8, 4) is 0 Å². The monoisotopic (exact) mass is 451 g/mol. The summed E-state index contributed by atoms with van der Waals surface area (Å²) in [6, 6.07) is 17.1. The zero-order chi connectivity index (χ0) is 22.5. The summed E-state index contributed by atoms with van der Waals surface area (Å²) >= 11 is 1.35. The summed E-state index contributed by atoms with van der Waals surface area (Å²) in [5, 5.41) is 0.652. The van der Waals surface area contributed by atoms with Gasteiger partial charge in [-0.2, -0.15) is 0 Å². The molecule has 6 nitrogen and oxygen atoms in total. The van der Waals surface area contributed by atoms with E-state index in [1.165, 1.54) is 11.8 Å². The summed E-state index contributed by atoms with van der Waals surface area (Å²) in [4.78, 5) is 33.6. The fraction of sp³-hybridized carbons (Fsp3) is 0.400. The Morgan fingerprint density at radius 2 is 1.88 bits per heavy atom. The second-order valence-electron chi connectivity index (χ2n) is 7.88. The third-order valence-corrected chi connectivity index (χ3v) is 7.09. The molecule has 2 heterocycles. The third kappa shape index (κ3) is 4.74. The average molecular weight is 452 g/mol. The van der Waals surface area contributed by atoms with E-state index in [1.54, 1.807) is 10.6 Å². The molecule has 1 saturated heterocycles. The Kier molecular flexibility index (Phi) is 7.27. The molecule has 2 aromatic carbocycles. The highest BCUT2D eigenvalue weighted by atomic mass is 32.2. The quantitative estimate of drug-likeness (QED) is 0.378. The summed E-state index contributed by atoms with van der Waals surface area (Å²) in [5.74, 6) is 0.0253. The van der Waals surface area contributed by atoms with Gasteiger partial charge in [-0.15, -0.1) is 0 Å². The molecule has 0 spiro atoms. The van der Waals surface area contributed by atoms with Crippen LogP contribution in [-0.4, -0.2) is 46.2 Å². The summed E-state index contributed by atoms with van der Waals surface area (Å²) in [6.07, 6.45) is 1.91. The van der Waals surface area contributed by atoms with Crippen LogP contribution in [0.1, 0.15) is 37.5 Å². The van der Waals surface area contributed by atoms with Crippen molar-refractivity contribution in [2.45, 2.75) is 49.7 Å². The summed E-state index contributed by atoms with van der Waals surface area (Å²) in [6.45, 7) is 6.39. The Balaban J connectivity index is 1.80. The minimum Gasteiger partial charge on any atom is -0.376 e. The van der Waals surface area contributed by atoms with Crippen molar-refractivity contribution in [1.82, 2.24) is 14.5 Å². The number of nitrogens with zero attached hydrogens (tertiary/aromatic N) is 3. The molecule has 0 radical (unpaired) electrons. The zero-order valence-corrected chi connectivity index (χ0v) is 19.4. The van der Waals surface area contributed by atoms with Crippen molar-refractivity contribution < 1.29 is 9.53 Å². The Hall–Kier alpha value is -2.64. The van der Waals surface area contributed by atoms with E-state index in [0.717, 1.165) is 25.0 Å². The zero-order valence-electron chi connectivity index (χ0n) is 18.6. The summed E-state index contributed by atoms with van der Waals surface area (Å²) in [5.41, 5.74) is 1.46. The first-order valence-corrected chi connectivity index (χ1v) is 12.1. The second kappa shape index (κ2) is 10.3. The lowest BCUT2D eigenvalue weighted by molar-refractivity contribution is -0.130. The van der Waals surface area contributed by atoms with Crippen molar-refractivity contribution in [1.29, 1.82) is 0 Å². The minimum atomic E-state index is -0.486. The number of carbonyl (C=O) groups excluding carboxylic acids is 1. The van der Waals surface area contributed by atoms with Gasteiger partial charge in [0.1, 0.15) is 5.25 Å². The normalized spacial score (nSPS) is 16.9. The number of para-hydroxylation sites is 1. The van der Waals surface area contributed by atoms with Crippen LogP contribution in [-0.2, 0) is 16.1 Å². The van der Waals surface area contributed by atoms with Gasteiger partial charge in [0.2, 0.25) is 5.91 Å². The van der Waals surface area contributed by atoms with Gasteiger partial charge in [-0.3, -0.25) is 14.2 Å². The molecule has 2 atom stereocenters. The lowest BCUT2D eigenvalue weighted by Gasteiger charge is -2.26. The van der Waals surface area contributed by atoms with Crippen LogP contribution in [0.25, 0.3) is 10.9 Å².